The fourth-order valence-corrected chi connectivity index (χ4v) is 5.33. The molecule has 0 bridgehead atoms. The minimum Gasteiger partial charge on any atom is -0.358 e. The Kier molecular flexibility index (Phi) is 4.31. The monoisotopic (exact) mass is 374 g/mol. The molecule has 1 N–H and O–H groups in total. The summed E-state index contributed by atoms with van der Waals surface area (Å²) in [5, 5.41) is 1.59. The molecule has 0 radical (unpaired) electrons. The van der Waals surface area contributed by atoms with Gasteiger partial charge in [0, 0.05) is 35.2 Å². The van der Waals surface area contributed by atoms with Gasteiger partial charge in [-0.1, -0.05) is 35.9 Å². The zero-order valence-electron chi connectivity index (χ0n) is 13.7. The van der Waals surface area contributed by atoms with Crippen LogP contribution in [0.1, 0.15) is 24.5 Å². The predicted octanol–water partition coefficient (Wildman–Crippen LogP) is 4.39. The zero-order chi connectivity index (χ0) is 17.4. The molecule has 0 spiro atoms. The summed E-state index contributed by atoms with van der Waals surface area (Å²) < 4.78 is 27.5. The van der Waals surface area contributed by atoms with Crippen molar-refractivity contribution in [3.05, 3.63) is 65.3 Å². The first-order valence-electron chi connectivity index (χ1n) is 8.37. The Morgan fingerprint density at radius 2 is 1.92 bits per heavy atom. The number of piperidine rings is 1. The maximum atomic E-state index is 12.9. The molecule has 6 heteroatoms. The van der Waals surface area contributed by atoms with Crippen LogP contribution in [0, 0.1) is 0 Å². The van der Waals surface area contributed by atoms with E-state index in [4.69, 9.17) is 11.6 Å². The lowest BCUT2D eigenvalue weighted by atomic mass is 9.96. The minimum atomic E-state index is -3.52. The van der Waals surface area contributed by atoms with Crippen LogP contribution >= 0.6 is 11.6 Å². The fourth-order valence-electron chi connectivity index (χ4n) is 3.51. The first-order chi connectivity index (χ1) is 12.0. The third-order valence-electron chi connectivity index (χ3n) is 4.81. The van der Waals surface area contributed by atoms with E-state index in [0.29, 0.717) is 18.1 Å². The first-order valence-corrected chi connectivity index (χ1v) is 10.2. The quantitative estimate of drug-likeness (QED) is 0.739. The Morgan fingerprint density at radius 1 is 1.08 bits per heavy atom. The maximum Gasteiger partial charge on any atom is 0.243 e. The van der Waals surface area contributed by atoms with Crippen molar-refractivity contribution in [2.45, 2.75) is 23.7 Å². The van der Waals surface area contributed by atoms with Crippen molar-refractivity contribution in [2.24, 2.45) is 0 Å². The number of rotatable bonds is 3. The van der Waals surface area contributed by atoms with Crippen molar-refractivity contribution in [3.8, 4) is 0 Å². The number of nitrogens with zero attached hydrogens (tertiary/aromatic N) is 1. The SMILES string of the molecule is O=S(=O)(c1cccc(Cl)c1)N1CCCC(c2cc3ccccc3[nH]2)C1. The summed E-state index contributed by atoms with van der Waals surface area (Å²) >= 11 is 5.97. The molecule has 1 atom stereocenters. The highest BCUT2D eigenvalue weighted by molar-refractivity contribution is 7.89. The fraction of sp³-hybridized carbons (Fsp3) is 0.263. The van der Waals surface area contributed by atoms with Gasteiger partial charge in [-0.2, -0.15) is 4.31 Å². The van der Waals surface area contributed by atoms with Crippen LogP contribution in [0.4, 0.5) is 0 Å². The number of H-pyrrole nitrogens is 1. The first kappa shape index (κ1) is 16.6. The van der Waals surface area contributed by atoms with Gasteiger partial charge in [0.25, 0.3) is 0 Å². The van der Waals surface area contributed by atoms with Crippen molar-refractivity contribution in [1.82, 2.24) is 9.29 Å². The van der Waals surface area contributed by atoms with Gasteiger partial charge in [-0.25, -0.2) is 8.42 Å². The van der Waals surface area contributed by atoms with Crippen molar-refractivity contribution >= 4 is 32.5 Å². The Labute approximate surface area is 152 Å². The van der Waals surface area contributed by atoms with Gasteiger partial charge in [-0.05, 0) is 48.6 Å². The molecule has 4 nitrogen and oxygen atoms in total. The summed E-state index contributed by atoms with van der Waals surface area (Å²) in [5.41, 5.74) is 2.19. The van der Waals surface area contributed by atoms with Gasteiger partial charge < -0.3 is 4.98 Å². The summed E-state index contributed by atoms with van der Waals surface area (Å²) in [4.78, 5) is 3.70. The Morgan fingerprint density at radius 3 is 2.72 bits per heavy atom. The largest absolute Gasteiger partial charge is 0.358 e. The van der Waals surface area contributed by atoms with Gasteiger partial charge in [0.1, 0.15) is 0 Å². The average Bonchev–Trinajstić information content (AvgIpc) is 3.06. The third kappa shape index (κ3) is 3.19. The smallest absolute Gasteiger partial charge is 0.243 e. The second-order valence-electron chi connectivity index (χ2n) is 6.47. The van der Waals surface area contributed by atoms with Crippen molar-refractivity contribution in [3.63, 3.8) is 0 Å². The number of para-hydroxylation sites is 1. The molecular weight excluding hydrogens is 356 g/mol. The lowest BCUT2D eigenvalue weighted by molar-refractivity contribution is 0.313. The van der Waals surface area contributed by atoms with Gasteiger partial charge in [0.15, 0.2) is 0 Å². The van der Waals surface area contributed by atoms with Crippen LogP contribution in [0.5, 0.6) is 0 Å². The normalized spacial score (nSPS) is 19.3. The molecule has 1 fully saturated rings. The van der Waals surface area contributed by atoms with Gasteiger partial charge >= 0.3 is 0 Å². The maximum absolute atomic E-state index is 12.9. The number of aromatic amines is 1. The highest BCUT2D eigenvalue weighted by atomic mass is 35.5. The molecule has 1 aliphatic rings. The van der Waals surface area contributed by atoms with Gasteiger partial charge in [0.2, 0.25) is 10.0 Å². The molecule has 1 aliphatic heterocycles. The summed E-state index contributed by atoms with van der Waals surface area (Å²) in [6.45, 7) is 1.03. The average molecular weight is 375 g/mol. The summed E-state index contributed by atoms with van der Waals surface area (Å²) in [6, 6.07) is 16.7. The number of sulfonamides is 1. The predicted molar refractivity (Wildman–Crippen MR) is 100 cm³/mol. The van der Waals surface area contributed by atoms with Crippen LogP contribution in [0.2, 0.25) is 5.02 Å². The highest BCUT2D eigenvalue weighted by Crippen LogP contribution is 2.32. The number of fused-ring (bicyclic) bond motifs is 1. The van der Waals surface area contributed by atoms with Crippen LogP contribution in [-0.2, 0) is 10.0 Å². The Bertz CT molecular complexity index is 980. The molecule has 0 amide bonds. The second kappa shape index (κ2) is 6.48. The number of hydrogen-bond acceptors (Lipinski definition) is 2. The van der Waals surface area contributed by atoms with E-state index < -0.39 is 10.0 Å². The van der Waals surface area contributed by atoms with Crippen LogP contribution in [-0.4, -0.2) is 30.8 Å². The van der Waals surface area contributed by atoms with E-state index in [9.17, 15) is 8.42 Å². The number of nitrogens with one attached hydrogen (secondary N) is 1. The van der Waals surface area contributed by atoms with Gasteiger partial charge in [-0.15, -0.1) is 0 Å². The molecule has 1 aromatic heterocycles. The molecule has 1 unspecified atom stereocenters. The molecule has 130 valence electrons. The molecule has 1 saturated heterocycles. The number of aromatic nitrogens is 1. The van der Waals surface area contributed by atoms with E-state index >= 15 is 0 Å². The van der Waals surface area contributed by atoms with Crippen molar-refractivity contribution < 1.29 is 8.42 Å². The lowest BCUT2D eigenvalue weighted by Gasteiger charge is -2.31. The van der Waals surface area contributed by atoms with E-state index in [1.54, 1.807) is 22.5 Å². The topological polar surface area (TPSA) is 53.2 Å². The highest BCUT2D eigenvalue weighted by Gasteiger charge is 2.31. The number of benzene rings is 2. The van der Waals surface area contributed by atoms with Gasteiger partial charge in [0.05, 0.1) is 4.90 Å². The molecule has 2 heterocycles. The van der Waals surface area contributed by atoms with E-state index in [1.807, 2.05) is 18.2 Å². The number of halogens is 1. The van der Waals surface area contributed by atoms with E-state index in [1.165, 1.54) is 6.07 Å². The van der Waals surface area contributed by atoms with E-state index in [2.05, 4.69) is 17.1 Å². The van der Waals surface area contributed by atoms with Gasteiger partial charge in [-0.3, -0.25) is 0 Å². The van der Waals surface area contributed by atoms with Crippen LogP contribution < -0.4 is 0 Å². The zero-order valence-corrected chi connectivity index (χ0v) is 15.2. The summed E-state index contributed by atoms with van der Waals surface area (Å²) in [6.07, 6.45) is 1.83. The van der Waals surface area contributed by atoms with Crippen LogP contribution in [0.3, 0.4) is 0 Å². The van der Waals surface area contributed by atoms with E-state index in [-0.39, 0.29) is 10.8 Å². The Balaban J connectivity index is 1.62. The van der Waals surface area contributed by atoms with Crippen molar-refractivity contribution in [2.75, 3.05) is 13.1 Å². The minimum absolute atomic E-state index is 0.176. The van der Waals surface area contributed by atoms with Crippen LogP contribution in [0.15, 0.2) is 59.5 Å². The summed E-state index contributed by atoms with van der Waals surface area (Å²) in [5.74, 6) is 0.176. The standard InChI is InChI=1S/C19H19ClN2O2S/c20-16-7-3-8-17(12-16)25(23,24)22-10-4-6-15(13-22)19-11-14-5-1-2-9-18(14)21-19/h1-3,5,7-9,11-12,15,21H,4,6,10,13H2. The third-order valence-corrected chi connectivity index (χ3v) is 6.90. The second-order valence-corrected chi connectivity index (χ2v) is 8.85. The lowest BCUT2D eigenvalue weighted by Crippen LogP contribution is -2.39. The van der Waals surface area contributed by atoms with Crippen LogP contribution in [0.25, 0.3) is 10.9 Å². The molecule has 0 saturated carbocycles. The molecule has 0 aliphatic carbocycles. The number of hydrogen-bond donors (Lipinski definition) is 1. The summed E-state index contributed by atoms with van der Waals surface area (Å²) in [7, 11) is -3.52. The van der Waals surface area contributed by atoms with Crippen molar-refractivity contribution in [1.29, 1.82) is 0 Å². The molecule has 25 heavy (non-hydrogen) atoms. The molecule has 2 aromatic carbocycles. The molecule has 4 rings (SSSR count). The Hall–Kier alpha value is -1.82. The molecule has 3 aromatic rings. The molecular formula is C19H19ClN2O2S. The van der Waals surface area contributed by atoms with E-state index in [0.717, 1.165) is 29.4 Å².